The summed E-state index contributed by atoms with van der Waals surface area (Å²) in [4.78, 5) is 18.9. The van der Waals surface area contributed by atoms with Crippen LogP contribution in [-0.2, 0) is 6.54 Å². The fourth-order valence-corrected chi connectivity index (χ4v) is 3.63. The molecule has 1 fully saturated rings. The smallest absolute Gasteiger partial charge is 0.329 e. The molecule has 0 saturated heterocycles. The monoisotopic (exact) mass is 420 g/mol. The number of rotatable bonds is 8. The van der Waals surface area contributed by atoms with Crippen LogP contribution in [0.3, 0.4) is 0 Å². The number of hydrogen-bond acceptors (Lipinski definition) is 7. The number of aromatic nitrogens is 2. The summed E-state index contributed by atoms with van der Waals surface area (Å²) < 4.78 is 27.8. The first-order valence-corrected chi connectivity index (χ1v) is 10.0. The third-order valence-corrected chi connectivity index (χ3v) is 5.62. The third-order valence-electron chi connectivity index (χ3n) is 5.62. The van der Waals surface area contributed by atoms with E-state index in [1.807, 2.05) is 0 Å². The summed E-state index contributed by atoms with van der Waals surface area (Å²) in [6.45, 7) is 2.68. The Hall–Kier alpha value is -2.88. The van der Waals surface area contributed by atoms with Gasteiger partial charge < -0.3 is 16.4 Å². The lowest BCUT2D eigenvalue weighted by molar-refractivity contribution is -0.384. The number of nitrogens with one attached hydrogen (secondary N) is 2. The molecule has 10 heteroatoms. The Bertz CT molecular complexity index is 903. The molecule has 0 unspecified atom stereocenters. The van der Waals surface area contributed by atoms with Crippen LogP contribution >= 0.6 is 0 Å². The Morgan fingerprint density at radius 1 is 1.17 bits per heavy atom. The van der Waals surface area contributed by atoms with Gasteiger partial charge in [0.2, 0.25) is 11.8 Å². The molecule has 162 valence electrons. The number of nitrogens with zero attached hydrogens (tertiary/aromatic N) is 3. The maximum Gasteiger partial charge on any atom is 0.329 e. The number of hydrogen-bond donors (Lipinski definition) is 3. The van der Waals surface area contributed by atoms with Crippen LogP contribution in [0.25, 0.3) is 0 Å². The van der Waals surface area contributed by atoms with Gasteiger partial charge in [0, 0.05) is 18.7 Å². The largest absolute Gasteiger partial charge is 0.364 e. The van der Waals surface area contributed by atoms with Gasteiger partial charge >= 0.3 is 5.69 Å². The normalized spacial score (nSPS) is 18.8. The maximum atomic E-state index is 14.0. The van der Waals surface area contributed by atoms with Crippen LogP contribution in [0.4, 0.5) is 26.2 Å². The Balaban J connectivity index is 1.67. The Kier molecular flexibility index (Phi) is 7.09. The fourth-order valence-electron chi connectivity index (χ4n) is 3.63. The topological polar surface area (TPSA) is 119 Å². The van der Waals surface area contributed by atoms with Crippen molar-refractivity contribution in [2.45, 2.75) is 39.2 Å². The second-order valence-corrected chi connectivity index (χ2v) is 7.71. The maximum absolute atomic E-state index is 14.0. The summed E-state index contributed by atoms with van der Waals surface area (Å²) in [5.74, 6) is -0.688. The number of aryl methyl sites for hydroxylation is 1. The Labute approximate surface area is 173 Å². The van der Waals surface area contributed by atoms with Crippen LogP contribution in [-0.4, -0.2) is 28.0 Å². The predicted molar refractivity (Wildman–Crippen MR) is 110 cm³/mol. The van der Waals surface area contributed by atoms with Gasteiger partial charge in [0.25, 0.3) is 0 Å². The van der Waals surface area contributed by atoms with E-state index in [4.69, 9.17) is 5.73 Å². The second-order valence-electron chi connectivity index (χ2n) is 7.71. The molecule has 0 aliphatic heterocycles. The predicted octanol–water partition coefficient (Wildman–Crippen LogP) is 3.76. The van der Waals surface area contributed by atoms with Crippen LogP contribution in [0.5, 0.6) is 0 Å². The highest BCUT2D eigenvalue weighted by atomic mass is 19.2. The van der Waals surface area contributed by atoms with E-state index in [-0.39, 0.29) is 35.1 Å². The molecule has 1 heterocycles. The van der Waals surface area contributed by atoms with Crippen molar-refractivity contribution < 1.29 is 13.7 Å². The summed E-state index contributed by atoms with van der Waals surface area (Å²) in [6, 6.07) is 2.96. The van der Waals surface area contributed by atoms with Gasteiger partial charge in [-0.1, -0.05) is 12.1 Å². The van der Waals surface area contributed by atoms with Crippen molar-refractivity contribution in [1.29, 1.82) is 0 Å². The fraction of sp³-hybridized carbons (Fsp3) is 0.500. The molecule has 2 aromatic rings. The van der Waals surface area contributed by atoms with Crippen LogP contribution in [0, 0.1) is 40.5 Å². The number of anilines is 2. The number of halogens is 2. The van der Waals surface area contributed by atoms with E-state index in [0.717, 1.165) is 31.9 Å². The molecular weight excluding hydrogens is 394 g/mol. The lowest BCUT2D eigenvalue weighted by atomic mass is 9.82. The van der Waals surface area contributed by atoms with Gasteiger partial charge in [-0.15, -0.1) is 0 Å². The molecule has 4 N–H and O–H groups in total. The Morgan fingerprint density at radius 3 is 2.53 bits per heavy atom. The quantitative estimate of drug-likeness (QED) is 0.439. The standard InChI is InChI=1S/C20H26F2N6O2/c1-12-2-7-15(18(22)17(12)21)10-25-20-26-11-16(28(29)30)19(27-20)24-9-14-5-3-13(8-23)4-6-14/h2,7,11,13-14H,3-6,8-10,23H2,1H3,(H2,24,25,26,27). The first-order valence-electron chi connectivity index (χ1n) is 10.0. The van der Waals surface area contributed by atoms with Crippen molar-refractivity contribution in [1.82, 2.24) is 9.97 Å². The lowest BCUT2D eigenvalue weighted by Crippen LogP contribution is -2.25. The molecule has 0 amide bonds. The molecule has 0 atom stereocenters. The van der Waals surface area contributed by atoms with Crippen LogP contribution in [0.2, 0.25) is 0 Å². The molecule has 30 heavy (non-hydrogen) atoms. The number of benzene rings is 1. The van der Waals surface area contributed by atoms with E-state index in [1.165, 1.54) is 19.1 Å². The molecule has 1 aliphatic rings. The highest BCUT2D eigenvalue weighted by molar-refractivity contribution is 5.57. The van der Waals surface area contributed by atoms with E-state index in [9.17, 15) is 18.9 Å². The summed E-state index contributed by atoms with van der Waals surface area (Å²) in [7, 11) is 0. The van der Waals surface area contributed by atoms with Gasteiger partial charge in [0.15, 0.2) is 11.6 Å². The minimum absolute atomic E-state index is 0.0522. The van der Waals surface area contributed by atoms with Crippen molar-refractivity contribution in [2.75, 3.05) is 23.7 Å². The van der Waals surface area contributed by atoms with Crippen molar-refractivity contribution in [2.24, 2.45) is 17.6 Å². The zero-order chi connectivity index (χ0) is 21.7. The molecule has 1 aromatic carbocycles. The SMILES string of the molecule is Cc1ccc(CNc2ncc([N+](=O)[O-])c(NCC3CCC(CN)CC3)n2)c(F)c1F. The van der Waals surface area contributed by atoms with Gasteiger partial charge in [-0.2, -0.15) is 4.98 Å². The molecule has 1 saturated carbocycles. The van der Waals surface area contributed by atoms with Gasteiger partial charge in [0.1, 0.15) is 6.20 Å². The van der Waals surface area contributed by atoms with E-state index in [0.29, 0.717) is 24.9 Å². The molecular formula is C20H26F2N6O2. The van der Waals surface area contributed by atoms with Crippen LogP contribution in [0.15, 0.2) is 18.3 Å². The average Bonchev–Trinajstić information content (AvgIpc) is 2.75. The summed E-state index contributed by atoms with van der Waals surface area (Å²) >= 11 is 0. The van der Waals surface area contributed by atoms with Gasteiger partial charge in [0.05, 0.1) is 4.92 Å². The summed E-state index contributed by atoms with van der Waals surface area (Å²) in [5.41, 5.74) is 5.82. The average molecular weight is 420 g/mol. The zero-order valence-electron chi connectivity index (χ0n) is 16.8. The molecule has 0 radical (unpaired) electrons. The number of nitrogens with two attached hydrogens (primary N) is 1. The second kappa shape index (κ2) is 9.75. The Morgan fingerprint density at radius 2 is 1.87 bits per heavy atom. The van der Waals surface area contributed by atoms with Crippen LogP contribution in [0.1, 0.15) is 36.8 Å². The highest BCUT2D eigenvalue weighted by Crippen LogP contribution is 2.29. The molecule has 3 rings (SSSR count). The lowest BCUT2D eigenvalue weighted by Gasteiger charge is -2.27. The molecule has 0 spiro atoms. The van der Waals surface area contributed by atoms with E-state index < -0.39 is 16.6 Å². The highest BCUT2D eigenvalue weighted by Gasteiger charge is 2.23. The summed E-state index contributed by atoms with van der Waals surface area (Å²) in [6.07, 6.45) is 5.24. The zero-order valence-corrected chi connectivity index (χ0v) is 16.8. The molecule has 1 aromatic heterocycles. The minimum Gasteiger partial charge on any atom is -0.364 e. The van der Waals surface area contributed by atoms with Crippen molar-refractivity contribution in [3.63, 3.8) is 0 Å². The van der Waals surface area contributed by atoms with Gasteiger partial charge in [-0.3, -0.25) is 10.1 Å². The van der Waals surface area contributed by atoms with E-state index in [2.05, 4.69) is 20.6 Å². The van der Waals surface area contributed by atoms with Gasteiger partial charge in [-0.25, -0.2) is 13.8 Å². The first-order chi connectivity index (χ1) is 14.4. The van der Waals surface area contributed by atoms with E-state index >= 15 is 0 Å². The minimum atomic E-state index is -0.934. The molecule has 8 nitrogen and oxygen atoms in total. The van der Waals surface area contributed by atoms with Crippen molar-refractivity contribution in [3.05, 3.63) is 51.2 Å². The third kappa shape index (κ3) is 5.18. The van der Waals surface area contributed by atoms with Gasteiger partial charge in [-0.05, 0) is 56.6 Å². The number of nitro groups is 1. The molecule has 1 aliphatic carbocycles. The van der Waals surface area contributed by atoms with Crippen molar-refractivity contribution >= 4 is 17.5 Å². The van der Waals surface area contributed by atoms with Crippen molar-refractivity contribution in [3.8, 4) is 0 Å². The summed E-state index contributed by atoms with van der Waals surface area (Å²) in [5, 5.41) is 17.2. The molecule has 0 bridgehead atoms. The van der Waals surface area contributed by atoms with E-state index in [1.54, 1.807) is 0 Å². The van der Waals surface area contributed by atoms with Crippen LogP contribution < -0.4 is 16.4 Å². The first kappa shape index (κ1) is 21.8.